The smallest absolute Gasteiger partial charge is 0.142 e. The van der Waals surface area contributed by atoms with Gasteiger partial charge in [0.05, 0.1) is 5.02 Å². The quantitative estimate of drug-likeness (QED) is 0.664. The molecule has 18 heavy (non-hydrogen) atoms. The molecule has 0 radical (unpaired) electrons. The van der Waals surface area contributed by atoms with Crippen LogP contribution in [0, 0.1) is 17.7 Å². The van der Waals surface area contributed by atoms with Gasteiger partial charge in [0.2, 0.25) is 0 Å². The largest absolute Gasteiger partial charge is 0.205 e. The first-order chi connectivity index (χ1) is 8.69. The van der Waals surface area contributed by atoms with Gasteiger partial charge in [0.25, 0.3) is 0 Å². The van der Waals surface area contributed by atoms with E-state index in [1.807, 2.05) is 6.07 Å². The van der Waals surface area contributed by atoms with Crippen molar-refractivity contribution in [3.8, 4) is 0 Å². The molecule has 0 bridgehead atoms. The van der Waals surface area contributed by atoms with Crippen molar-refractivity contribution in [1.82, 2.24) is 0 Å². The summed E-state index contributed by atoms with van der Waals surface area (Å²) in [6, 6.07) is 5.20. The average Bonchev–Trinajstić information content (AvgIpc) is 2.41. The second-order valence-electron chi connectivity index (χ2n) is 5.58. The van der Waals surface area contributed by atoms with Gasteiger partial charge in [-0.25, -0.2) is 4.39 Å². The number of halogens is 2. The highest BCUT2D eigenvalue weighted by molar-refractivity contribution is 6.30. The van der Waals surface area contributed by atoms with Crippen LogP contribution in [0.1, 0.15) is 51.0 Å². The van der Waals surface area contributed by atoms with Crippen molar-refractivity contribution in [2.75, 3.05) is 0 Å². The lowest BCUT2D eigenvalue weighted by molar-refractivity contribution is 0.259. The van der Waals surface area contributed by atoms with E-state index in [0.717, 1.165) is 23.8 Å². The third-order valence-electron chi connectivity index (χ3n) is 4.37. The molecular weight excluding hydrogens is 247 g/mol. The first-order valence-corrected chi connectivity index (χ1v) is 7.50. The van der Waals surface area contributed by atoms with Gasteiger partial charge in [-0.15, -0.1) is 0 Å². The first kappa shape index (κ1) is 13.9. The topological polar surface area (TPSA) is 0 Å². The molecule has 1 aromatic carbocycles. The van der Waals surface area contributed by atoms with Gasteiger partial charge in [0, 0.05) is 0 Å². The lowest BCUT2D eigenvalue weighted by Gasteiger charge is -2.27. The molecule has 0 saturated heterocycles. The lowest BCUT2D eigenvalue weighted by atomic mass is 9.78. The van der Waals surface area contributed by atoms with Crippen molar-refractivity contribution in [2.24, 2.45) is 11.8 Å². The van der Waals surface area contributed by atoms with Crippen LogP contribution >= 0.6 is 11.6 Å². The molecule has 1 saturated carbocycles. The molecule has 1 aliphatic rings. The Balaban J connectivity index is 1.79. The van der Waals surface area contributed by atoms with E-state index in [2.05, 4.69) is 6.92 Å². The van der Waals surface area contributed by atoms with Crippen molar-refractivity contribution >= 4 is 11.6 Å². The molecule has 1 aromatic rings. The maximum Gasteiger partial charge on any atom is 0.142 e. The second kappa shape index (κ2) is 6.56. The number of rotatable bonds is 4. The van der Waals surface area contributed by atoms with Gasteiger partial charge in [-0.1, -0.05) is 56.7 Å². The Bertz CT molecular complexity index is 381. The lowest BCUT2D eigenvalue weighted by Crippen LogP contribution is -2.14. The average molecular weight is 269 g/mol. The van der Waals surface area contributed by atoms with Crippen LogP contribution in [0.4, 0.5) is 4.39 Å². The number of hydrogen-bond donors (Lipinski definition) is 0. The van der Waals surface area contributed by atoms with Crippen LogP contribution < -0.4 is 0 Å². The van der Waals surface area contributed by atoms with E-state index in [-0.39, 0.29) is 10.8 Å². The SMILES string of the molecule is CCC1CCC(CCc2ccc(Cl)c(F)c2)CC1. The zero-order valence-electron chi connectivity index (χ0n) is 11.1. The molecule has 0 aromatic heterocycles. The number of benzene rings is 1. The van der Waals surface area contributed by atoms with Crippen LogP contribution in [0.5, 0.6) is 0 Å². The molecule has 2 heteroatoms. The molecule has 0 atom stereocenters. The van der Waals surface area contributed by atoms with Crippen LogP contribution in [0.15, 0.2) is 18.2 Å². The van der Waals surface area contributed by atoms with E-state index < -0.39 is 0 Å². The highest BCUT2D eigenvalue weighted by Gasteiger charge is 2.19. The maximum absolute atomic E-state index is 13.3. The van der Waals surface area contributed by atoms with Crippen molar-refractivity contribution in [3.05, 3.63) is 34.6 Å². The van der Waals surface area contributed by atoms with Gasteiger partial charge in [-0.3, -0.25) is 0 Å². The van der Waals surface area contributed by atoms with E-state index in [9.17, 15) is 4.39 Å². The summed E-state index contributed by atoms with van der Waals surface area (Å²) in [7, 11) is 0. The third-order valence-corrected chi connectivity index (χ3v) is 4.68. The van der Waals surface area contributed by atoms with Crippen LogP contribution in [0.2, 0.25) is 5.02 Å². The Morgan fingerprint density at radius 1 is 1.17 bits per heavy atom. The van der Waals surface area contributed by atoms with Crippen molar-refractivity contribution in [1.29, 1.82) is 0 Å². The van der Waals surface area contributed by atoms with Gasteiger partial charge in [-0.05, 0) is 42.4 Å². The Morgan fingerprint density at radius 2 is 1.83 bits per heavy atom. The van der Waals surface area contributed by atoms with Crippen LogP contribution in [-0.4, -0.2) is 0 Å². The summed E-state index contributed by atoms with van der Waals surface area (Å²) in [4.78, 5) is 0. The van der Waals surface area contributed by atoms with E-state index in [1.54, 1.807) is 12.1 Å². The fraction of sp³-hybridized carbons (Fsp3) is 0.625. The fourth-order valence-corrected chi connectivity index (χ4v) is 3.11. The molecule has 0 heterocycles. The van der Waals surface area contributed by atoms with Crippen molar-refractivity contribution in [2.45, 2.75) is 51.9 Å². The summed E-state index contributed by atoms with van der Waals surface area (Å²) in [6.07, 6.45) is 8.98. The molecule has 0 amide bonds. The Labute approximate surface area is 115 Å². The zero-order chi connectivity index (χ0) is 13.0. The summed E-state index contributed by atoms with van der Waals surface area (Å²) in [5, 5.41) is 0.224. The predicted octanol–water partition coefficient (Wildman–Crippen LogP) is 5.63. The number of hydrogen-bond acceptors (Lipinski definition) is 0. The molecular formula is C16H22ClF. The standard InChI is InChI=1S/C16H22ClF/c1-2-12-3-5-13(6-4-12)7-8-14-9-10-15(17)16(18)11-14/h9-13H,2-8H2,1H3. The minimum Gasteiger partial charge on any atom is -0.205 e. The van der Waals surface area contributed by atoms with Gasteiger partial charge >= 0.3 is 0 Å². The van der Waals surface area contributed by atoms with Gasteiger partial charge < -0.3 is 0 Å². The Kier molecular flexibility index (Phi) is 5.05. The van der Waals surface area contributed by atoms with Crippen LogP contribution in [-0.2, 0) is 6.42 Å². The van der Waals surface area contributed by atoms with E-state index in [0.29, 0.717) is 0 Å². The minimum absolute atomic E-state index is 0.224. The van der Waals surface area contributed by atoms with Gasteiger partial charge in [0.1, 0.15) is 5.82 Å². The van der Waals surface area contributed by atoms with E-state index in [4.69, 9.17) is 11.6 Å². The Morgan fingerprint density at radius 3 is 2.44 bits per heavy atom. The molecule has 1 aliphatic carbocycles. The van der Waals surface area contributed by atoms with Gasteiger partial charge in [0.15, 0.2) is 0 Å². The maximum atomic E-state index is 13.3. The summed E-state index contributed by atoms with van der Waals surface area (Å²) >= 11 is 5.69. The molecule has 2 rings (SSSR count). The normalized spacial score (nSPS) is 24.2. The van der Waals surface area contributed by atoms with Crippen LogP contribution in [0.25, 0.3) is 0 Å². The molecule has 100 valence electrons. The first-order valence-electron chi connectivity index (χ1n) is 7.13. The van der Waals surface area contributed by atoms with E-state index in [1.165, 1.54) is 38.5 Å². The Hall–Kier alpha value is -0.560. The summed E-state index contributed by atoms with van der Waals surface area (Å²) in [5.74, 6) is 1.50. The van der Waals surface area contributed by atoms with Crippen LogP contribution in [0.3, 0.4) is 0 Å². The molecule has 0 unspecified atom stereocenters. The number of aryl methyl sites for hydroxylation is 1. The predicted molar refractivity (Wildman–Crippen MR) is 75.5 cm³/mol. The summed E-state index contributed by atoms with van der Waals surface area (Å²) in [5.41, 5.74) is 1.08. The van der Waals surface area contributed by atoms with E-state index >= 15 is 0 Å². The molecule has 0 N–H and O–H groups in total. The monoisotopic (exact) mass is 268 g/mol. The molecule has 0 nitrogen and oxygen atoms in total. The van der Waals surface area contributed by atoms with Gasteiger partial charge in [-0.2, -0.15) is 0 Å². The highest BCUT2D eigenvalue weighted by Crippen LogP contribution is 2.33. The fourth-order valence-electron chi connectivity index (χ4n) is 2.99. The minimum atomic E-state index is -0.288. The van der Waals surface area contributed by atoms with Crippen molar-refractivity contribution in [3.63, 3.8) is 0 Å². The second-order valence-corrected chi connectivity index (χ2v) is 5.99. The molecule has 0 spiro atoms. The zero-order valence-corrected chi connectivity index (χ0v) is 11.8. The molecule has 0 aliphatic heterocycles. The van der Waals surface area contributed by atoms with Crippen molar-refractivity contribution < 1.29 is 4.39 Å². The third kappa shape index (κ3) is 3.71. The molecule has 1 fully saturated rings. The summed E-state index contributed by atoms with van der Waals surface area (Å²) < 4.78 is 13.3. The summed E-state index contributed by atoms with van der Waals surface area (Å²) in [6.45, 7) is 2.29. The highest BCUT2D eigenvalue weighted by atomic mass is 35.5.